The van der Waals surface area contributed by atoms with Crippen LogP contribution >= 0.6 is 0 Å². The number of likely N-dealkylation sites (tertiary alicyclic amines) is 1. The summed E-state index contributed by atoms with van der Waals surface area (Å²) >= 11 is 0. The second kappa shape index (κ2) is 5.91. The zero-order valence-electron chi connectivity index (χ0n) is 11.3. The third-order valence-electron chi connectivity index (χ3n) is 3.54. The zero-order chi connectivity index (χ0) is 13.8. The smallest absolute Gasteiger partial charge is 0.310 e. The first-order valence-corrected chi connectivity index (χ1v) is 6.60. The van der Waals surface area contributed by atoms with Crippen molar-refractivity contribution < 1.29 is 18.7 Å². The number of carbonyl (C=O) groups is 2. The highest BCUT2D eigenvalue weighted by molar-refractivity contribution is 5.95. The zero-order valence-corrected chi connectivity index (χ0v) is 11.3. The maximum Gasteiger partial charge on any atom is 0.310 e. The minimum atomic E-state index is -0.236. The predicted octanol–water partition coefficient (Wildman–Crippen LogP) is 1.87. The lowest BCUT2D eigenvalue weighted by Gasteiger charge is -2.31. The van der Waals surface area contributed by atoms with Crippen LogP contribution in [0.5, 0.6) is 0 Å². The lowest BCUT2D eigenvalue weighted by atomic mass is 9.97. The molecule has 1 fully saturated rings. The molecule has 0 saturated carbocycles. The van der Waals surface area contributed by atoms with Gasteiger partial charge in [0.15, 0.2) is 0 Å². The fourth-order valence-electron chi connectivity index (χ4n) is 2.50. The molecule has 5 heteroatoms. The van der Waals surface area contributed by atoms with Crippen LogP contribution in [0.1, 0.15) is 35.9 Å². The molecule has 5 nitrogen and oxygen atoms in total. The number of aryl methyl sites for hydroxylation is 1. The average Bonchev–Trinajstić information content (AvgIpc) is 2.94. The second-order valence-corrected chi connectivity index (χ2v) is 4.72. The molecule has 0 aliphatic carbocycles. The summed E-state index contributed by atoms with van der Waals surface area (Å²) in [7, 11) is 1.38. The van der Waals surface area contributed by atoms with Crippen LogP contribution in [0.2, 0.25) is 0 Å². The van der Waals surface area contributed by atoms with Gasteiger partial charge in [-0.1, -0.05) is 6.92 Å². The molecule has 0 bridgehead atoms. The number of nitrogens with zero attached hydrogens (tertiary/aromatic N) is 1. The molecule has 104 valence electrons. The minimum Gasteiger partial charge on any atom is -0.469 e. The van der Waals surface area contributed by atoms with Gasteiger partial charge in [0.05, 0.1) is 24.9 Å². The lowest BCUT2D eigenvalue weighted by molar-refractivity contribution is -0.146. The third-order valence-corrected chi connectivity index (χ3v) is 3.54. The van der Waals surface area contributed by atoms with Crippen LogP contribution in [0.15, 0.2) is 16.7 Å². The Balaban J connectivity index is 2.09. The first kappa shape index (κ1) is 13.6. The van der Waals surface area contributed by atoms with Crippen LogP contribution in [0.25, 0.3) is 0 Å². The van der Waals surface area contributed by atoms with Crippen molar-refractivity contribution in [3.8, 4) is 0 Å². The summed E-state index contributed by atoms with van der Waals surface area (Å²) in [4.78, 5) is 25.7. The monoisotopic (exact) mass is 265 g/mol. The first-order valence-electron chi connectivity index (χ1n) is 6.60. The summed E-state index contributed by atoms with van der Waals surface area (Å²) in [5.41, 5.74) is 0.605. The van der Waals surface area contributed by atoms with Crippen molar-refractivity contribution in [2.45, 2.75) is 26.2 Å². The van der Waals surface area contributed by atoms with Crippen LogP contribution < -0.4 is 0 Å². The Labute approximate surface area is 112 Å². The molecular formula is C14H19NO4. The van der Waals surface area contributed by atoms with E-state index in [9.17, 15) is 9.59 Å². The molecule has 0 aromatic carbocycles. The Bertz CT molecular complexity index is 466. The number of hydrogen-bond donors (Lipinski definition) is 0. The minimum absolute atomic E-state index is 0.0563. The van der Waals surface area contributed by atoms with Gasteiger partial charge in [-0.15, -0.1) is 0 Å². The molecule has 0 spiro atoms. The molecule has 1 aliphatic rings. The van der Waals surface area contributed by atoms with E-state index in [2.05, 4.69) is 0 Å². The normalized spacial score (nSPS) is 19.3. The maximum absolute atomic E-state index is 12.4. The van der Waals surface area contributed by atoms with E-state index in [1.807, 2.05) is 6.92 Å². The summed E-state index contributed by atoms with van der Waals surface area (Å²) in [6.07, 6.45) is 3.82. The van der Waals surface area contributed by atoms with Crippen LogP contribution in [-0.4, -0.2) is 37.0 Å². The number of carbonyl (C=O) groups excluding carboxylic acids is 2. The third kappa shape index (κ3) is 2.80. The topological polar surface area (TPSA) is 59.8 Å². The Morgan fingerprint density at radius 1 is 1.53 bits per heavy atom. The summed E-state index contributed by atoms with van der Waals surface area (Å²) in [5.74, 6) is 0.199. The van der Waals surface area contributed by atoms with Gasteiger partial charge in [-0.3, -0.25) is 9.59 Å². The largest absolute Gasteiger partial charge is 0.469 e. The lowest BCUT2D eigenvalue weighted by Crippen LogP contribution is -2.42. The standard InChI is InChI=1S/C14H19NO4/c1-3-12-11(6-8-19-12)13(16)15-7-4-5-10(9-15)14(17)18-2/h6,8,10H,3-5,7,9H2,1-2H3/t10-/m0/s1. The van der Waals surface area contributed by atoms with Crippen molar-refractivity contribution in [2.24, 2.45) is 5.92 Å². The molecule has 2 heterocycles. The van der Waals surface area contributed by atoms with Crippen molar-refractivity contribution in [1.29, 1.82) is 0 Å². The van der Waals surface area contributed by atoms with Gasteiger partial charge < -0.3 is 14.1 Å². The number of furan rings is 1. The number of methoxy groups -OCH3 is 1. The van der Waals surface area contributed by atoms with Gasteiger partial charge in [-0.2, -0.15) is 0 Å². The van der Waals surface area contributed by atoms with Gasteiger partial charge in [-0.25, -0.2) is 0 Å². The van der Waals surface area contributed by atoms with E-state index in [1.165, 1.54) is 13.4 Å². The molecule has 0 radical (unpaired) electrons. The van der Waals surface area contributed by atoms with Gasteiger partial charge in [0.1, 0.15) is 5.76 Å². The highest BCUT2D eigenvalue weighted by Crippen LogP contribution is 2.21. The molecule has 1 aromatic rings. The molecule has 0 N–H and O–H groups in total. The fraction of sp³-hybridized carbons (Fsp3) is 0.571. The van der Waals surface area contributed by atoms with Crippen LogP contribution in [-0.2, 0) is 16.0 Å². The van der Waals surface area contributed by atoms with Gasteiger partial charge in [0, 0.05) is 19.5 Å². The number of piperidine rings is 1. The molecule has 19 heavy (non-hydrogen) atoms. The number of amides is 1. The molecule has 1 saturated heterocycles. The Kier molecular flexibility index (Phi) is 4.24. The van der Waals surface area contributed by atoms with E-state index in [4.69, 9.17) is 9.15 Å². The summed E-state index contributed by atoms with van der Waals surface area (Å²) < 4.78 is 10.0. The van der Waals surface area contributed by atoms with Gasteiger partial charge in [-0.05, 0) is 18.9 Å². The average molecular weight is 265 g/mol. The van der Waals surface area contributed by atoms with Crippen molar-refractivity contribution in [2.75, 3.05) is 20.2 Å². The molecule has 0 unspecified atom stereocenters. The van der Waals surface area contributed by atoms with Crippen LogP contribution in [0.4, 0.5) is 0 Å². The number of ether oxygens (including phenoxy) is 1. The number of hydrogen-bond acceptors (Lipinski definition) is 4. The second-order valence-electron chi connectivity index (χ2n) is 4.72. The summed E-state index contributed by atoms with van der Waals surface area (Å²) in [6.45, 7) is 3.06. The highest BCUT2D eigenvalue weighted by atomic mass is 16.5. The SMILES string of the molecule is CCc1occc1C(=O)N1CCC[C@H](C(=O)OC)C1. The van der Waals surface area contributed by atoms with Crippen molar-refractivity contribution >= 4 is 11.9 Å². The molecule has 1 aliphatic heterocycles. The Morgan fingerprint density at radius 2 is 2.32 bits per heavy atom. The highest BCUT2D eigenvalue weighted by Gasteiger charge is 2.30. The van der Waals surface area contributed by atoms with E-state index in [1.54, 1.807) is 11.0 Å². The van der Waals surface area contributed by atoms with Gasteiger partial charge >= 0.3 is 5.97 Å². The van der Waals surface area contributed by atoms with E-state index in [0.29, 0.717) is 30.8 Å². The Hall–Kier alpha value is -1.78. The van der Waals surface area contributed by atoms with Crippen molar-refractivity contribution in [3.63, 3.8) is 0 Å². The number of rotatable bonds is 3. The van der Waals surface area contributed by atoms with Crippen molar-refractivity contribution in [3.05, 3.63) is 23.7 Å². The molecule has 1 atom stereocenters. The van der Waals surface area contributed by atoms with Crippen LogP contribution in [0, 0.1) is 5.92 Å². The first-order chi connectivity index (χ1) is 9.17. The maximum atomic E-state index is 12.4. The van der Waals surface area contributed by atoms with Crippen molar-refractivity contribution in [1.82, 2.24) is 4.90 Å². The fourth-order valence-corrected chi connectivity index (χ4v) is 2.50. The molecular weight excluding hydrogens is 246 g/mol. The molecule has 1 amide bonds. The Morgan fingerprint density at radius 3 is 3.00 bits per heavy atom. The van der Waals surface area contributed by atoms with E-state index in [0.717, 1.165) is 12.8 Å². The molecule has 2 rings (SSSR count). The predicted molar refractivity (Wildman–Crippen MR) is 68.7 cm³/mol. The summed E-state index contributed by atoms with van der Waals surface area (Å²) in [6, 6.07) is 1.70. The summed E-state index contributed by atoms with van der Waals surface area (Å²) in [5, 5.41) is 0. The van der Waals surface area contributed by atoms with E-state index in [-0.39, 0.29) is 17.8 Å². The van der Waals surface area contributed by atoms with Gasteiger partial charge in [0.25, 0.3) is 5.91 Å². The van der Waals surface area contributed by atoms with E-state index < -0.39 is 0 Å². The quantitative estimate of drug-likeness (QED) is 0.783. The van der Waals surface area contributed by atoms with Gasteiger partial charge in [0.2, 0.25) is 0 Å². The molecule has 1 aromatic heterocycles. The number of esters is 1. The van der Waals surface area contributed by atoms with E-state index >= 15 is 0 Å². The van der Waals surface area contributed by atoms with Crippen LogP contribution in [0.3, 0.4) is 0 Å².